The maximum atomic E-state index is 13.4. The van der Waals surface area contributed by atoms with Gasteiger partial charge in [-0.05, 0) is 42.7 Å². The summed E-state index contributed by atoms with van der Waals surface area (Å²) in [5.41, 5.74) is 2.13. The first kappa shape index (κ1) is 15.9. The molecule has 25 heavy (non-hydrogen) atoms. The Bertz CT molecular complexity index is 936. The van der Waals surface area contributed by atoms with E-state index < -0.39 is 0 Å². The van der Waals surface area contributed by atoms with Crippen LogP contribution in [0.3, 0.4) is 0 Å². The summed E-state index contributed by atoms with van der Waals surface area (Å²) in [5.74, 6) is -0.372. The van der Waals surface area contributed by atoms with Crippen molar-refractivity contribution in [3.63, 3.8) is 0 Å². The number of nitrogens with one attached hydrogen (secondary N) is 2. The number of carbonyl (C=O) groups excluding carboxylic acids is 1. The van der Waals surface area contributed by atoms with Crippen LogP contribution in [0.25, 0.3) is 10.9 Å². The number of aromatic nitrogens is 3. The van der Waals surface area contributed by atoms with Gasteiger partial charge in [0.05, 0.1) is 6.04 Å². The van der Waals surface area contributed by atoms with Crippen LogP contribution >= 0.6 is 0 Å². The average Bonchev–Trinajstić information content (AvgIpc) is 3.14. The van der Waals surface area contributed by atoms with Gasteiger partial charge in [0.25, 0.3) is 5.91 Å². The minimum Gasteiger partial charge on any atom is -0.361 e. The molecule has 2 heterocycles. The summed E-state index contributed by atoms with van der Waals surface area (Å²) in [6.45, 7) is 4.61. The SMILES string of the molecule is CC(C)(CNC(=O)c1ccnn1C1CC1)c1c[nH]c2cc(F)ccc12. The van der Waals surface area contributed by atoms with Crippen LogP contribution in [0.4, 0.5) is 4.39 Å². The van der Waals surface area contributed by atoms with E-state index in [1.54, 1.807) is 18.3 Å². The molecule has 5 nitrogen and oxygen atoms in total. The first-order valence-electron chi connectivity index (χ1n) is 8.54. The third-order valence-electron chi connectivity index (χ3n) is 4.86. The van der Waals surface area contributed by atoms with Gasteiger partial charge >= 0.3 is 0 Å². The monoisotopic (exact) mass is 340 g/mol. The number of hydrogen-bond acceptors (Lipinski definition) is 2. The van der Waals surface area contributed by atoms with E-state index in [4.69, 9.17) is 0 Å². The van der Waals surface area contributed by atoms with Crippen LogP contribution in [0.5, 0.6) is 0 Å². The molecule has 130 valence electrons. The molecular weight excluding hydrogens is 319 g/mol. The van der Waals surface area contributed by atoms with Crippen molar-refractivity contribution in [3.8, 4) is 0 Å². The highest BCUT2D eigenvalue weighted by atomic mass is 19.1. The van der Waals surface area contributed by atoms with Crippen LogP contribution in [0.1, 0.15) is 48.8 Å². The summed E-state index contributed by atoms with van der Waals surface area (Å²) in [4.78, 5) is 15.7. The van der Waals surface area contributed by atoms with Gasteiger partial charge in [0.15, 0.2) is 0 Å². The number of hydrogen-bond donors (Lipinski definition) is 2. The molecule has 4 rings (SSSR count). The normalized spacial score (nSPS) is 14.8. The Kier molecular flexibility index (Phi) is 3.63. The maximum absolute atomic E-state index is 13.4. The zero-order valence-corrected chi connectivity index (χ0v) is 14.3. The van der Waals surface area contributed by atoms with Crippen molar-refractivity contribution in [3.05, 3.63) is 53.7 Å². The number of H-pyrrole nitrogens is 1. The number of benzene rings is 1. The zero-order valence-electron chi connectivity index (χ0n) is 14.3. The van der Waals surface area contributed by atoms with E-state index in [9.17, 15) is 9.18 Å². The van der Waals surface area contributed by atoms with E-state index in [2.05, 4.69) is 29.2 Å². The molecule has 3 aromatic rings. The summed E-state index contributed by atoms with van der Waals surface area (Å²) < 4.78 is 15.2. The molecule has 0 spiro atoms. The molecule has 1 aromatic carbocycles. The number of amides is 1. The third-order valence-corrected chi connectivity index (χ3v) is 4.86. The number of halogens is 1. The molecule has 1 saturated carbocycles. The Labute approximate surface area is 145 Å². The summed E-state index contributed by atoms with van der Waals surface area (Å²) >= 11 is 0. The van der Waals surface area contributed by atoms with Crippen molar-refractivity contribution in [2.45, 2.75) is 38.1 Å². The van der Waals surface area contributed by atoms with Gasteiger partial charge in [-0.2, -0.15) is 5.10 Å². The van der Waals surface area contributed by atoms with Gasteiger partial charge in [-0.3, -0.25) is 9.48 Å². The van der Waals surface area contributed by atoms with Crippen LogP contribution in [0, 0.1) is 5.82 Å². The van der Waals surface area contributed by atoms with Crippen molar-refractivity contribution < 1.29 is 9.18 Å². The Morgan fingerprint density at radius 3 is 2.96 bits per heavy atom. The van der Waals surface area contributed by atoms with Crippen molar-refractivity contribution >= 4 is 16.8 Å². The standard InChI is InChI=1S/C19H21FN4O/c1-19(2,15-10-21-16-9-12(20)3-6-14(15)16)11-22-18(25)17-7-8-23-24(17)13-4-5-13/h3,6-10,13,21H,4-5,11H2,1-2H3,(H,22,25). The number of carbonyl (C=O) groups is 1. The second-order valence-electron chi connectivity index (χ2n) is 7.35. The van der Waals surface area contributed by atoms with Crippen molar-refractivity contribution in [1.82, 2.24) is 20.1 Å². The molecule has 0 atom stereocenters. The minimum absolute atomic E-state index is 0.108. The molecule has 2 N–H and O–H groups in total. The molecule has 2 aromatic heterocycles. The molecule has 0 unspecified atom stereocenters. The van der Waals surface area contributed by atoms with E-state index in [0.717, 1.165) is 29.3 Å². The van der Waals surface area contributed by atoms with E-state index in [1.807, 2.05) is 10.9 Å². The highest BCUT2D eigenvalue weighted by Crippen LogP contribution is 2.35. The van der Waals surface area contributed by atoms with E-state index in [1.165, 1.54) is 12.1 Å². The number of nitrogens with zero attached hydrogens (tertiary/aromatic N) is 2. The second kappa shape index (κ2) is 5.72. The Hall–Kier alpha value is -2.63. The van der Waals surface area contributed by atoms with E-state index >= 15 is 0 Å². The molecule has 1 aliphatic carbocycles. The Morgan fingerprint density at radius 1 is 1.40 bits per heavy atom. The molecular formula is C19H21FN4O. The van der Waals surface area contributed by atoms with Crippen LogP contribution in [0.15, 0.2) is 36.7 Å². The molecule has 0 saturated heterocycles. The molecule has 1 amide bonds. The zero-order chi connectivity index (χ0) is 17.6. The highest BCUT2D eigenvalue weighted by Gasteiger charge is 2.29. The van der Waals surface area contributed by atoms with E-state index in [-0.39, 0.29) is 17.1 Å². The Morgan fingerprint density at radius 2 is 2.20 bits per heavy atom. The second-order valence-corrected chi connectivity index (χ2v) is 7.35. The smallest absolute Gasteiger partial charge is 0.269 e. The number of aromatic amines is 1. The lowest BCUT2D eigenvalue weighted by Crippen LogP contribution is -2.37. The molecule has 0 radical (unpaired) electrons. The molecule has 1 aliphatic rings. The first-order valence-corrected chi connectivity index (χ1v) is 8.54. The van der Waals surface area contributed by atoms with Gasteiger partial charge < -0.3 is 10.3 Å². The highest BCUT2D eigenvalue weighted by molar-refractivity contribution is 5.92. The quantitative estimate of drug-likeness (QED) is 0.746. The van der Waals surface area contributed by atoms with Crippen LogP contribution in [0.2, 0.25) is 0 Å². The fourth-order valence-electron chi connectivity index (χ4n) is 3.25. The largest absolute Gasteiger partial charge is 0.361 e. The fraction of sp³-hybridized carbons (Fsp3) is 0.368. The van der Waals surface area contributed by atoms with Gasteiger partial charge in [0.2, 0.25) is 0 Å². The average molecular weight is 340 g/mol. The van der Waals surface area contributed by atoms with Crippen LogP contribution < -0.4 is 5.32 Å². The lowest BCUT2D eigenvalue weighted by Gasteiger charge is -2.25. The van der Waals surface area contributed by atoms with Crippen LogP contribution in [-0.2, 0) is 5.41 Å². The third kappa shape index (κ3) is 2.92. The van der Waals surface area contributed by atoms with E-state index in [0.29, 0.717) is 18.3 Å². The molecule has 6 heteroatoms. The van der Waals surface area contributed by atoms with Crippen LogP contribution in [-0.4, -0.2) is 27.2 Å². The Balaban J connectivity index is 1.52. The van der Waals surface area contributed by atoms with Gasteiger partial charge in [0.1, 0.15) is 11.5 Å². The van der Waals surface area contributed by atoms with Gasteiger partial charge in [-0.15, -0.1) is 0 Å². The van der Waals surface area contributed by atoms with Crippen molar-refractivity contribution in [2.75, 3.05) is 6.54 Å². The lowest BCUT2D eigenvalue weighted by atomic mass is 9.84. The predicted molar refractivity (Wildman–Crippen MR) is 94.1 cm³/mol. The van der Waals surface area contributed by atoms with Crippen molar-refractivity contribution in [1.29, 1.82) is 0 Å². The van der Waals surface area contributed by atoms with Crippen molar-refractivity contribution in [2.24, 2.45) is 0 Å². The molecule has 1 fully saturated rings. The fourth-order valence-corrected chi connectivity index (χ4v) is 3.25. The summed E-state index contributed by atoms with van der Waals surface area (Å²) in [7, 11) is 0. The number of rotatable bonds is 5. The molecule has 0 aliphatic heterocycles. The lowest BCUT2D eigenvalue weighted by molar-refractivity contribution is 0.0934. The summed E-state index contributed by atoms with van der Waals surface area (Å²) in [6.07, 6.45) is 5.73. The summed E-state index contributed by atoms with van der Waals surface area (Å²) in [5, 5.41) is 8.26. The first-order chi connectivity index (χ1) is 12.0. The number of fused-ring (bicyclic) bond motifs is 1. The predicted octanol–water partition coefficient (Wildman–Crippen LogP) is 3.55. The van der Waals surface area contributed by atoms with Gasteiger partial charge in [-0.1, -0.05) is 13.8 Å². The minimum atomic E-state index is -0.295. The molecule has 0 bridgehead atoms. The topological polar surface area (TPSA) is 62.7 Å². The maximum Gasteiger partial charge on any atom is 0.269 e. The summed E-state index contributed by atoms with van der Waals surface area (Å²) in [6, 6.07) is 6.86. The van der Waals surface area contributed by atoms with Gasteiger partial charge in [0, 0.05) is 35.3 Å². The van der Waals surface area contributed by atoms with Gasteiger partial charge in [-0.25, -0.2) is 4.39 Å².